The molecule has 0 aromatic rings. The summed E-state index contributed by atoms with van der Waals surface area (Å²) >= 11 is 0. The maximum absolute atomic E-state index is 13.2. The minimum atomic E-state index is -1.07. The molecule has 218 valence electrons. The molecule has 1 rings (SSSR count). The topological polar surface area (TPSA) is 118 Å². The zero-order valence-electron chi connectivity index (χ0n) is 24.4. The van der Waals surface area contributed by atoms with E-state index in [2.05, 4.69) is 16.0 Å². The maximum Gasteiger partial charge on any atom is 0.320 e. The molecule has 10 nitrogen and oxygen atoms in total. The van der Waals surface area contributed by atoms with Crippen molar-refractivity contribution in [3.63, 3.8) is 0 Å². The van der Waals surface area contributed by atoms with Crippen LogP contribution in [0.4, 0.5) is 0 Å². The van der Waals surface area contributed by atoms with Crippen LogP contribution in [0.25, 0.3) is 0 Å². The number of hydrogen-bond acceptors (Lipinski definition) is 10. The molecule has 0 bridgehead atoms. The van der Waals surface area contributed by atoms with Crippen molar-refractivity contribution in [2.75, 3.05) is 52.4 Å². The van der Waals surface area contributed by atoms with E-state index in [9.17, 15) is 14.4 Å². The highest BCUT2D eigenvalue weighted by molar-refractivity contribution is 8.93. The first-order valence-corrected chi connectivity index (χ1v) is 12.9. The molecule has 1 fully saturated rings. The summed E-state index contributed by atoms with van der Waals surface area (Å²) in [6.07, 6.45) is -0.181. The van der Waals surface area contributed by atoms with Crippen LogP contribution in [0.5, 0.6) is 0 Å². The average molecular weight is 596 g/mol. The smallest absolute Gasteiger partial charge is 0.320 e. The Hall–Kier alpha value is -1.27. The second-order valence-electron chi connectivity index (χ2n) is 12.4. The molecule has 0 aliphatic carbocycles. The molecule has 11 heteroatoms. The number of carbonyl (C=O) groups is 3. The molecule has 1 aliphatic rings. The Balaban J connectivity index is 0.0000130. The van der Waals surface area contributed by atoms with Gasteiger partial charge in [-0.2, -0.15) is 0 Å². The third-order valence-electron chi connectivity index (χ3n) is 5.17. The lowest BCUT2D eigenvalue weighted by Crippen LogP contribution is -2.61. The number of nitrogens with one attached hydrogen (secondary N) is 3. The highest BCUT2D eigenvalue weighted by atomic mass is 79.9. The summed E-state index contributed by atoms with van der Waals surface area (Å²) in [5.41, 5.74) is -3.11. The third kappa shape index (κ3) is 16.3. The Bertz CT molecular complexity index is 698. The van der Waals surface area contributed by atoms with Crippen LogP contribution in [-0.4, -0.2) is 97.5 Å². The Kier molecular flexibility index (Phi) is 14.8. The second-order valence-corrected chi connectivity index (χ2v) is 12.4. The van der Waals surface area contributed by atoms with Crippen molar-refractivity contribution in [2.24, 2.45) is 0 Å². The van der Waals surface area contributed by atoms with Gasteiger partial charge in [0.25, 0.3) is 0 Å². The fourth-order valence-electron chi connectivity index (χ4n) is 3.97. The molecule has 0 saturated carbocycles. The minimum absolute atomic E-state index is 0. The zero-order chi connectivity index (χ0) is 27.6. The highest BCUT2D eigenvalue weighted by Crippen LogP contribution is 2.28. The van der Waals surface area contributed by atoms with Gasteiger partial charge < -0.3 is 30.2 Å². The Labute approximate surface area is 234 Å². The Morgan fingerprint density at radius 1 is 0.649 bits per heavy atom. The predicted molar refractivity (Wildman–Crippen MR) is 150 cm³/mol. The van der Waals surface area contributed by atoms with Gasteiger partial charge >= 0.3 is 17.9 Å². The van der Waals surface area contributed by atoms with Crippen LogP contribution in [0, 0.1) is 0 Å². The van der Waals surface area contributed by atoms with Crippen LogP contribution in [0.15, 0.2) is 0 Å². The molecule has 0 atom stereocenters. The molecular formula is C26H51BrN4O6. The number of esters is 3. The lowest BCUT2D eigenvalue weighted by molar-refractivity contribution is -0.168. The van der Waals surface area contributed by atoms with Crippen molar-refractivity contribution in [2.45, 2.75) is 97.5 Å². The molecule has 37 heavy (non-hydrogen) atoms. The van der Waals surface area contributed by atoms with E-state index < -0.39 is 40.2 Å². The number of halogens is 1. The first-order chi connectivity index (χ1) is 16.4. The standard InChI is InChI=1S/C26H50N4O6.BrH/c1-23(2,3)34-20(31)16-26(17-21(32)35-24(4,5)6)19-29-13-12-27-10-11-28-14-15-30(26)18-22(33)36-25(7,8)9;/h27-29H,10-19H2,1-9H3;1H. The fraction of sp³-hybridized carbons (Fsp3) is 0.885. The molecule has 0 radical (unpaired) electrons. The van der Waals surface area contributed by atoms with Crippen LogP contribution in [0.3, 0.4) is 0 Å². The lowest BCUT2D eigenvalue weighted by atomic mass is 9.87. The van der Waals surface area contributed by atoms with Crippen LogP contribution in [-0.2, 0) is 28.6 Å². The summed E-state index contributed by atoms with van der Waals surface area (Å²) in [6.45, 7) is 20.4. The van der Waals surface area contributed by atoms with Gasteiger partial charge in [-0.3, -0.25) is 19.3 Å². The summed E-state index contributed by atoms with van der Waals surface area (Å²) < 4.78 is 16.9. The monoisotopic (exact) mass is 594 g/mol. The van der Waals surface area contributed by atoms with Gasteiger partial charge in [0.1, 0.15) is 16.8 Å². The van der Waals surface area contributed by atoms with E-state index in [1.165, 1.54) is 0 Å². The van der Waals surface area contributed by atoms with Crippen LogP contribution < -0.4 is 16.0 Å². The lowest BCUT2D eigenvalue weighted by Gasteiger charge is -2.44. The van der Waals surface area contributed by atoms with Crippen LogP contribution in [0.1, 0.15) is 75.2 Å². The second kappa shape index (κ2) is 15.4. The van der Waals surface area contributed by atoms with E-state index in [1.54, 1.807) is 41.5 Å². The molecule has 0 spiro atoms. The van der Waals surface area contributed by atoms with Crippen LogP contribution >= 0.6 is 17.0 Å². The van der Waals surface area contributed by atoms with E-state index in [4.69, 9.17) is 14.2 Å². The summed E-state index contributed by atoms with van der Waals surface area (Å²) in [6, 6.07) is 0. The summed E-state index contributed by atoms with van der Waals surface area (Å²) in [5.74, 6) is -1.31. The summed E-state index contributed by atoms with van der Waals surface area (Å²) in [7, 11) is 0. The maximum atomic E-state index is 13.2. The molecule has 1 aliphatic heterocycles. The number of hydrogen-bond donors (Lipinski definition) is 3. The van der Waals surface area contributed by atoms with E-state index in [1.807, 2.05) is 25.7 Å². The average Bonchev–Trinajstić information content (AvgIpc) is 2.62. The van der Waals surface area contributed by atoms with Crippen molar-refractivity contribution >= 4 is 34.9 Å². The quantitative estimate of drug-likeness (QED) is 0.312. The van der Waals surface area contributed by atoms with Gasteiger partial charge in [-0.25, -0.2) is 0 Å². The molecule has 0 amide bonds. The first kappa shape index (κ1) is 35.7. The highest BCUT2D eigenvalue weighted by Gasteiger charge is 2.44. The van der Waals surface area contributed by atoms with E-state index in [-0.39, 0.29) is 42.9 Å². The number of rotatable bonds is 6. The SMILES string of the molecule is Br.CC(C)(C)OC(=O)CN1CCNCCNCCNCC1(CC(=O)OC(C)(C)C)CC(=O)OC(C)(C)C. The third-order valence-corrected chi connectivity index (χ3v) is 5.17. The van der Waals surface area contributed by atoms with E-state index in [0.717, 1.165) is 19.6 Å². The minimum Gasteiger partial charge on any atom is -0.460 e. The predicted octanol–water partition coefficient (Wildman–Crippen LogP) is 2.19. The summed E-state index contributed by atoms with van der Waals surface area (Å²) in [4.78, 5) is 41.2. The molecule has 3 N–H and O–H groups in total. The molecule has 1 saturated heterocycles. The first-order valence-electron chi connectivity index (χ1n) is 12.9. The molecule has 0 unspecified atom stereocenters. The van der Waals surface area contributed by atoms with Gasteiger partial charge in [0.2, 0.25) is 0 Å². The number of ether oxygens (including phenoxy) is 3. The number of nitrogens with zero attached hydrogens (tertiary/aromatic N) is 1. The summed E-state index contributed by atoms with van der Waals surface area (Å²) in [5, 5.41) is 10.1. The Morgan fingerprint density at radius 2 is 1.03 bits per heavy atom. The van der Waals surface area contributed by atoms with Crippen LogP contribution in [0.2, 0.25) is 0 Å². The zero-order valence-corrected chi connectivity index (χ0v) is 26.1. The molecular weight excluding hydrogens is 544 g/mol. The van der Waals surface area contributed by atoms with Gasteiger partial charge in [0.05, 0.1) is 24.9 Å². The van der Waals surface area contributed by atoms with Gasteiger partial charge in [-0.05, 0) is 62.3 Å². The van der Waals surface area contributed by atoms with Crippen molar-refractivity contribution in [3.05, 3.63) is 0 Å². The van der Waals surface area contributed by atoms with Crippen molar-refractivity contribution in [1.29, 1.82) is 0 Å². The van der Waals surface area contributed by atoms with Gasteiger partial charge in [0.15, 0.2) is 0 Å². The van der Waals surface area contributed by atoms with Crippen molar-refractivity contribution in [3.8, 4) is 0 Å². The van der Waals surface area contributed by atoms with Gasteiger partial charge in [-0.1, -0.05) is 0 Å². The fourth-order valence-corrected chi connectivity index (χ4v) is 3.97. The van der Waals surface area contributed by atoms with Gasteiger partial charge in [0, 0.05) is 45.8 Å². The number of carbonyl (C=O) groups excluding carboxylic acids is 3. The van der Waals surface area contributed by atoms with Crippen molar-refractivity contribution in [1.82, 2.24) is 20.9 Å². The molecule has 1 heterocycles. The molecule has 0 aromatic carbocycles. The van der Waals surface area contributed by atoms with Gasteiger partial charge in [-0.15, -0.1) is 17.0 Å². The Morgan fingerprint density at radius 3 is 1.46 bits per heavy atom. The largest absolute Gasteiger partial charge is 0.460 e. The van der Waals surface area contributed by atoms with Crippen molar-refractivity contribution < 1.29 is 28.6 Å². The molecule has 0 aromatic heterocycles. The van der Waals surface area contributed by atoms with E-state index >= 15 is 0 Å². The normalized spacial score (nSPS) is 18.4. The van der Waals surface area contributed by atoms with E-state index in [0.29, 0.717) is 19.6 Å².